The lowest BCUT2D eigenvalue weighted by Crippen LogP contribution is -2.51. The highest BCUT2D eigenvalue weighted by atomic mass is 32.2. The van der Waals surface area contributed by atoms with Gasteiger partial charge in [0.2, 0.25) is 0 Å². The molecule has 21 heavy (non-hydrogen) atoms. The van der Waals surface area contributed by atoms with Crippen LogP contribution in [0.25, 0.3) is 0 Å². The van der Waals surface area contributed by atoms with Crippen molar-refractivity contribution in [1.82, 2.24) is 4.90 Å². The minimum Gasteiger partial charge on any atom is -0.465 e. The number of carbonyl (C=O) groups is 1. The summed E-state index contributed by atoms with van der Waals surface area (Å²) in [5.41, 5.74) is 0.0439. The molecule has 120 valence electrons. The Morgan fingerprint density at radius 3 is 2.95 bits per heavy atom. The highest BCUT2D eigenvalue weighted by molar-refractivity contribution is 7.99. The first-order valence-electron chi connectivity index (χ1n) is 7.91. The summed E-state index contributed by atoms with van der Waals surface area (Å²) in [7, 11) is 0. The molecule has 0 aromatic heterocycles. The lowest BCUT2D eigenvalue weighted by Gasteiger charge is -2.46. The molecule has 1 spiro atoms. The molecule has 5 heteroatoms. The molecule has 1 atom stereocenters. The zero-order chi connectivity index (χ0) is 15.1. The molecule has 0 aromatic carbocycles. The van der Waals surface area contributed by atoms with E-state index < -0.39 is 0 Å². The van der Waals surface area contributed by atoms with E-state index in [9.17, 15) is 4.79 Å². The first kappa shape index (κ1) is 16.8. The van der Waals surface area contributed by atoms with E-state index in [0.717, 1.165) is 38.8 Å². The summed E-state index contributed by atoms with van der Waals surface area (Å²) in [6.07, 6.45) is 6.16. The van der Waals surface area contributed by atoms with Crippen LogP contribution in [0.2, 0.25) is 0 Å². The Morgan fingerprint density at radius 2 is 2.29 bits per heavy atom. The summed E-state index contributed by atoms with van der Waals surface area (Å²) in [6, 6.07) is 0.393. The van der Waals surface area contributed by atoms with Gasteiger partial charge < -0.3 is 9.47 Å². The third-order valence-electron chi connectivity index (χ3n) is 4.39. The molecular weight excluding hydrogens is 286 g/mol. The minimum absolute atomic E-state index is 0.0439. The van der Waals surface area contributed by atoms with E-state index in [4.69, 9.17) is 9.47 Å². The molecule has 0 amide bonds. The first-order chi connectivity index (χ1) is 10.2. The summed E-state index contributed by atoms with van der Waals surface area (Å²) < 4.78 is 11.2. The van der Waals surface area contributed by atoms with Gasteiger partial charge >= 0.3 is 5.97 Å². The fourth-order valence-electron chi connectivity index (χ4n) is 3.29. The normalized spacial score (nSPS) is 25.0. The SMILES string of the molecule is C=CCN(CC(=O)OCC)C1CCOC2(CCSCC2)C1. The molecule has 0 bridgehead atoms. The average molecular weight is 313 g/mol. The number of nitrogens with zero attached hydrogens (tertiary/aromatic N) is 1. The minimum atomic E-state index is -0.140. The van der Waals surface area contributed by atoms with Crippen LogP contribution in [0.3, 0.4) is 0 Å². The van der Waals surface area contributed by atoms with E-state index in [1.807, 2.05) is 24.8 Å². The van der Waals surface area contributed by atoms with Crippen molar-refractivity contribution < 1.29 is 14.3 Å². The van der Waals surface area contributed by atoms with Gasteiger partial charge in [-0.3, -0.25) is 9.69 Å². The maximum Gasteiger partial charge on any atom is 0.320 e. The van der Waals surface area contributed by atoms with E-state index in [1.165, 1.54) is 11.5 Å². The van der Waals surface area contributed by atoms with Crippen LogP contribution in [0.5, 0.6) is 0 Å². The van der Waals surface area contributed by atoms with Crippen LogP contribution in [0.4, 0.5) is 0 Å². The van der Waals surface area contributed by atoms with Crippen LogP contribution in [0.1, 0.15) is 32.6 Å². The molecule has 2 fully saturated rings. The van der Waals surface area contributed by atoms with Gasteiger partial charge in [0.25, 0.3) is 0 Å². The molecule has 0 aliphatic carbocycles. The fraction of sp³-hybridized carbons (Fsp3) is 0.812. The lowest BCUT2D eigenvalue weighted by atomic mass is 9.85. The van der Waals surface area contributed by atoms with Gasteiger partial charge in [-0.1, -0.05) is 6.08 Å². The van der Waals surface area contributed by atoms with E-state index in [1.54, 1.807) is 0 Å². The molecule has 4 nitrogen and oxygen atoms in total. The molecule has 0 N–H and O–H groups in total. The largest absolute Gasteiger partial charge is 0.465 e. The maximum atomic E-state index is 11.8. The van der Waals surface area contributed by atoms with Crippen molar-refractivity contribution in [2.75, 3.05) is 37.8 Å². The molecular formula is C16H27NO3S. The van der Waals surface area contributed by atoms with Gasteiger partial charge in [-0.25, -0.2) is 0 Å². The highest BCUT2D eigenvalue weighted by Gasteiger charge is 2.40. The van der Waals surface area contributed by atoms with Gasteiger partial charge in [0.1, 0.15) is 0 Å². The molecule has 0 radical (unpaired) electrons. The number of esters is 1. The number of ether oxygens (including phenoxy) is 2. The highest BCUT2D eigenvalue weighted by Crippen LogP contribution is 2.38. The Bertz CT molecular complexity index is 350. The molecule has 2 saturated heterocycles. The van der Waals surface area contributed by atoms with Crippen LogP contribution < -0.4 is 0 Å². The maximum absolute atomic E-state index is 11.8. The summed E-state index contributed by atoms with van der Waals surface area (Å²) in [5, 5.41) is 0. The van der Waals surface area contributed by atoms with E-state index in [0.29, 0.717) is 19.2 Å². The summed E-state index contributed by atoms with van der Waals surface area (Å²) in [6.45, 7) is 7.99. The topological polar surface area (TPSA) is 38.8 Å². The van der Waals surface area contributed by atoms with Crippen molar-refractivity contribution in [3.63, 3.8) is 0 Å². The lowest BCUT2D eigenvalue weighted by molar-refractivity contribution is -0.148. The number of rotatable bonds is 6. The number of thioether (sulfide) groups is 1. The Kier molecular flexibility index (Phi) is 6.58. The standard InChI is InChI=1S/C16H27NO3S/c1-3-8-17(13-15(18)19-4-2)14-5-9-20-16(12-14)6-10-21-11-7-16/h3,14H,1,4-13H2,2H3. The molecule has 2 aliphatic heterocycles. The van der Waals surface area contributed by atoms with Crippen molar-refractivity contribution in [3.05, 3.63) is 12.7 Å². The number of hydrogen-bond donors (Lipinski definition) is 0. The van der Waals surface area contributed by atoms with E-state index >= 15 is 0 Å². The van der Waals surface area contributed by atoms with Gasteiger partial charge in [0.15, 0.2) is 0 Å². The average Bonchev–Trinajstić information content (AvgIpc) is 2.48. The third kappa shape index (κ3) is 4.73. The molecule has 2 heterocycles. The van der Waals surface area contributed by atoms with E-state index in [-0.39, 0.29) is 11.6 Å². The fourth-order valence-corrected chi connectivity index (χ4v) is 4.52. The summed E-state index contributed by atoms with van der Waals surface area (Å²) in [5.74, 6) is 2.23. The zero-order valence-electron chi connectivity index (χ0n) is 13.0. The van der Waals surface area contributed by atoms with Crippen LogP contribution >= 0.6 is 11.8 Å². The number of hydrogen-bond acceptors (Lipinski definition) is 5. The van der Waals surface area contributed by atoms with Crippen LogP contribution in [-0.4, -0.2) is 60.3 Å². The van der Waals surface area contributed by atoms with Gasteiger partial charge in [0.05, 0.1) is 18.8 Å². The molecule has 2 rings (SSSR count). The monoisotopic (exact) mass is 313 g/mol. The van der Waals surface area contributed by atoms with Crippen molar-refractivity contribution in [2.24, 2.45) is 0 Å². The Morgan fingerprint density at radius 1 is 1.52 bits per heavy atom. The van der Waals surface area contributed by atoms with Crippen molar-refractivity contribution >= 4 is 17.7 Å². The van der Waals surface area contributed by atoms with Crippen molar-refractivity contribution in [1.29, 1.82) is 0 Å². The second-order valence-corrected chi connectivity index (χ2v) is 7.04. The second-order valence-electron chi connectivity index (χ2n) is 5.81. The van der Waals surface area contributed by atoms with Crippen LogP contribution in [0, 0.1) is 0 Å². The Balaban J connectivity index is 1.97. The Hall–Kier alpha value is -0.520. The third-order valence-corrected chi connectivity index (χ3v) is 5.37. The predicted molar refractivity (Wildman–Crippen MR) is 86.7 cm³/mol. The quantitative estimate of drug-likeness (QED) is 0.556. The van der Waals surface area contributed by atoms with Crippen LogP contribution in [-0.2, 0) is 14.3 Å². The molecule has 1 unspecified atom stereocenters. The van der Waals surface area contributed by atoms with Crippen molar-refractivity contribution in [3.8, 4) is 0 Å². The second kappa shape index (κ2) is 8.20. The smallest absolute Gasteiger partial charge is 0.320 e. The van der Waals surface area contributed by atoms with Gasteiger partial charge in [-0.05, 0) is 44.1 Å². The van der Waals surface area contributed by atoms with Gasteiger partial charge in [-0.15, -0.1) is 6.58 Å². The number of carbonyl (C=O) groups excluding carboxylic acids is 1. The molecule has 0 aromatic rings. The van der Waals surface area contributed by atoms with Crippen molar-refractivity contribution in [2.45, 2.75) is 44.2 Å². The first-order valence-corrected chi connectivity index (χ1v) is 9.07. The Labute approximate surface area is 132 Å². The molecule has 0 saturated carbocycles. The predicted octanol–water partition coefficient (Wildman–Crippen LogP) is 2.48. The van der Waals surface area contributed by atoms with E-state index in [2.05, 4.69) is 11.5 Å². The van der Waals surface area contributed by atoms with Crippen LogP contribution in [0.15, 0.2) is 12.7 Å². The van der Waals surface area contributed by atoms with Gasteiger partial charge in [-0.2, -0.15) is 11.8 Å². The van der Waals surface area contributed by atoms with Gasteiger partial charge in [0, 0.05) is 19.2 Å². The summed E-state index contributed by atoms with van der Waals surface area (Å²) in [4.78, 5) is 14.0. The summed E-state index contributed by atoms with van der Waals surface area (Å²) >= 11 is 2.02. The molecule has 2 aliphatic rings. The zero-order valence-corrected chi connectivity index (χ0v) is 13.8.